The molecule has 6 heteroatoms. The van der Waals surface area contributed by atoms with Gasteiger partial charge in [0.2, 0.25) is 0 Å². The first-order chi connectivity index (χ1) is 15.6. The van der Waals surface area contributed by atoms with Gasteiger partial charge in [0, 0.05) is 30.8 Å². The second-order valence-corrected chi connectivity index (χ2v) is 8.86. The first-order valence-corrected chi connectivity index (χ1v) is 11.4. The number of nitrogens with zero attached hydrogens (tertiary/aromatic N) is 3. The molecule has 0 spiro atoms. The number of piperidine rings is 1. The van der Waals surface area contributed by atoms with Crippen molar-refractivity contribution in [2.24, 2.45) is 5.92 Å². The van der Waals surface area contributed by atoms with Crippen LogP contribution in [-0.4, -0.2) is 60.3 Å². The van der Waals surface area contributed by atoms with Gasteiger partial charge in [-0.05, 0) is 75.1 Å². The van der Waals surface area contributed by atoms with Gasteiger partial charge < -0.3 is 9.64 Å². The second-order valence-electron chi connectivity index (χ2n) is 8.86. The van der Waals surface area contributed by atoms with Gasteiger partial charge in [-0.15, -0.1) is 0 Å². The first kappa shape index (κ1) is 22.5. The van der Waals surface area contributed by atoms with E-state index in [0.29, 0.717) is 5.92 Å². The minimum atomic E-state index is -0.231. The largest absolute Gasteiger partial charge is 0.497 e. The van der Waals surface area contributed by atoms with Crippen molar-refractivity contribution in [3.8, 4) is 17.0 Å². The number of benzene rings is 2. The SMILES string of the molecule is COc1ccc(CCN(Cc2cn[nH]c2-c2cccc(F)c2)CC2CCN(C)CC2)cc1. The van der Waals surface area contributed by atoms with Gasteiger partial charge in [0.05, 0.1) is 19.0 Å². The summed E-state index contributed by atoms with van der Waals surface area (Å²) < 4.78 is 19.1. The van der Waals surface area contributed by atoms with Gasteiger partial charge in [-0.1, -0.05) is 24.3 Å². The molecule has 1 N–H and O–H groups in total. The maximum Gasteiger partial charge on any atom is 0.123 e. The van der Waals surface area contributed by atoms with E-state index in [4.69, 9.17) is 4.74 Å². The molecule has 32 heavy (non-hydrogen) atoms. The minimum Gasteiger partial charge on any atom is -0.497 e. The Morgan fingerprint density at radius 2 is 1.94 bits per heavy atom. The lowest BCUT2D eigenvalue weighted by Crippen LogP contribution is -2.37. The van der Waals surface area contributed by atoms with Crippen LogP contribution in [0.3, 0.4) is 0 Å². The summed E-state index contributed by atoms with van der Waals surface area (Å²) >= 11 is 0. The molecular weight excluding hydrogens is 403 g/mol. The molecular formula is C26H33FN4O. The third-order valence-corrected chi connectivity index (χ3v) is 6.46. The first-order valence-electron chi connectivity index (χ1n) is 11.4. The number of H-pyrrole nitrogens is 1. The summed E-state index contributed by atoms with van der Waals surface area (Å²) in [5.74, 6) is 1.35. The molecule has 2 heterocycles. The molecule has 170 valence electrons. The van der Waals surface area contributed by atoms with E-state index >= 15 is 0 Å². The molecule has 1 saturated heterocycles. The Morgan fingerprint density at radius 1 is 1.16 bits per heavy atom. The van der Waals surface area contributed by atoms with Crippen molar-refractivity contribution in [1.82, 2.24) is 20.0 Å². The standard InChI is InChI=1S/C26H33FN4O/c1-30-13-10-21(11-14-30)18-31(15-12-20-6-8-25(32-2)9-7-20)19-23-17-28-29-26(23)22-4-3-5-24(27)16-22/h3-9,16-17,21H,10-15,18-19H2,1-2H3,(H,28,29). The zero-order chi connectivity index (χ0) is 22.3. The molecule has 0 bridgehead atoms. The van der Waals surface area contributed by atoms with Crippen LogP contribution in [0, 0.1) is 11.7 Å². The van der Waals surface area contributed by atoms with Crippen LogP contribution in [-0.2, 0) is 13.0 Å². The minimum absolute atomic E-state index is 0.231. The highest BCUT2D eigenvalue weighted by Gasteiger charge is 2.21. The van der Waals surface area contributed by atoms with Gasteiger partial charge in [-0.25, -0.2) is 4.39 Å². The van der Waals surface area contributed by atoms with Crippen molar-refractivity contribution >= 4 is 0 Å². The Labute approximate surface area is 190 Å². The molecule has 4 rings (SSSR count). The average molecular weight is 437 g/mol. The lowest BCUT2D eigenvalue weighted by atomic mass is 9.96. The third kappa shape index (κ3) is 5.96. The smallest absolute Gasteiger partial charge is 0.123 e. The van der Waals surface area contributed by atoms with E-state index in [1.165, 1.54) is 24.5 Å². The van der Waals surface area contributed by atoms with E-state index in [-0.39, 0.29) is 5.82 Å². The zero-order valence-electron chi connectivity index (χ0n) is 19.1. The Balaban J connectivity index is 1.48. The molecule has 1 aromatic heterocycles. The molecule has 1 aliphatic heterocycles. The predicted octanol–water partition coefficient (Wildman–Crippen LogP) is 4.61. The molecule has 0 aliphatic carbocycles. The predicted molar refractivity (Wildman–Crippen MR) is 126 cm³/mol. The lowest BCUT2D eigenvalue weighted by Gasteiger charge is -2.33. The van der Waals surface area contributed by atoms with Gasteiger partial charge >= 0.3 is 0 Å². The second kappa shape index (κ2) is 10.7. The molecule has 1 fully saturated rings. The fourth-order valence-electron chi connectivity index (χ4n) is 4.49. The summed E-state index contributed by atoms with van der Waals surface area (Å²) in [6.45, 7) is 5.16. The Bertz CT molecular complexity index is 980. The number of ether oxygens (including phenoxy) is 1. The number of methoxy groups -OCH3 is 1. The molecule has 0 unspecified atom stereocenters. The normalized spacial score (nSPS) is 15.4. The highest BCUT2D eigenvalue weighted by atomic mass is 19.1. The summed E-state index contributed by atoms with van der Waals surface area (Å²) in [5.41, 5.74) is 4.16. The van der Waals surface area contributed by atoms with E-state index in [1.807, 2.05) is 24.4 Å². The van der Waals surface area contributed by atoms with Gasteiger partial charge in [-0.3, -0.25) is 10.00 Å². The summed E-state index contributed by atoms with van der Waals surface area (Å²) in [5, 5.41) is 7.37. The van der Waals surface area contributed by atoms with Crippen LogP contribution in [0.5, 0.6) is 5.75 Å². The summed E-state index contributed by atoms with van der Waals surface area (Å²) in [7, 11) is 3.90. The van der Waals surface area contributed by atoms with Gasteiger partial charge in [-0.2, -0.15) is 5.10 Å². The number of rotatable bonds is 9. The van der Waals surface area contributed by atoms with Crippen molar-refractivity contribution in [2.45, 2.75) is 25.8 Å². The fourth-order valence-corrected chi connectivity index (χ4v) is 4.49. The number of nitrogens with one attached hydrogen (secondary N) is 1. The molecule has 0 atom stereocenters. The number of aromatic amines is 1. The third-order valence-electron chi connectivity index (χ3n) is 6.46. The average Bonchev–Trinajstić information content (AvgIpc) is 3.27. The highest BCUT2D eigenvalue weighted by Crippen LogP contribution is 2.25. The van der Waals surface area contributed by atoms with Crippen LogP contribution >= 0.6 is 0 Å². The van der Waals surface area contributed by atoms with Crippen LogP contribution in [0.2, 0.25) is 0 Å². The van der Waals surface area contributed by atoms with Crippen molar-refractivity contribution in [3.63, 3.8) is 0 Å². The Morgan fingerprint density at radius 3 is 2.66 bits per heavy atom. The van der Waals surface area contributed by atoms with Gasteiger partial charge in [0.25, 0.3) is 0 Å². The van der Waals surface area contributed by atoms with Crippen molar-refractivity contribution in [2.75, 3.05) is 40.3 Å². The van der Waals surface area contributed by atoms with Crippen molar-refractivity contribution < 1.29 is 9.13 Å². The molecule has 0 saturated carbocycles. The van der Waals surface area contributed by atoms with E-state index in [9.17, 15) is 4.39 Å². The van der Waals surface area contributed by atoms with Crippen LogP contribution in [0.25, 0.3) is 11.3 Å². The van der Waals surface area contributed by atoms with Crippen molar-refractivity contribution in [3.05, 3.63) is 71.7 Å². The summed E-state index contributed by atoms with van der Waals surface area (Å²) in [4.78, 5) is 4.95. The number of halogens is 1. The highest BCUT2D eigenvalue weighted by molar-refractivity contribution is 5.62. The lowest BCUT2D eigenvalue weighted by molar-refractivity contribution is 0.157. The molecule has 0 radical (unpaired) electrons. The Kier molecular flexibility index (Phi) is 7.55. The van der Waals surface area contributed by atoms with Crippen LogP contribution < -0.4 is 4.74 Å². The van der Waals surface area contributed by atoms with E-state index < -0.39 is 0 Å². The van der Waals surface area contributed by atoms with Crippen LogP contribution in [0.4, 0.5) is 4.39 Å². The maximum absolute atomic E-state index is 13.8. The number of likely N-dealkylation sites (tertiary alicyclic amines) is 1. The zero-order valence-corrected chi connectivity index (χ0v) is 19.1. The topological polar surface area (TPSA) is 44.4 Å². The number of hydrogen-bond acceptors (Lipinski definition) is 4. The van der Waals surface area contributed by atoms with Gasteiger partial charge in [0.15, 0.2) is 0 Å². The van der Waals surface area contributed by atoms with Crippen LogP contribution in [0.1, 0.15) is 24.0 Å². The molecule has 1 aliphatic rings. The van der Waals surface area contributed by atoms with E-state index in [0.717, 1.165) is 61.7 Å². The monoisotopic (exact) mass is 436 g/mol. The van der Waals surface area contributed by atoms with Crippen molar-refractivity contribution in [1.29, 1.82) is 0 Å². The molecule has 5 nitrogen and oxygen atoms in total. The molecule has 2 aromatic carbocycles. The molecule has 0 amide bonds. The summed E-state index contributed by atoms with van der Waals surface area (Å²) in [6.07, 6.45) is 5.33. The Hall–Kier alpha value is -2.70. The maximum atomic E-state index is 13.8. The fraction of sp³-hybridized carbons (Fsp3) is 0.423. The molecule has 3 aromatic rings. The van der Waals surface area contributed by atoms with Gasteiger partial charge in [0.1, 0.15) is 11.6 Å². The quantitative estimate of drug-likeness (QED) is 0.532. The number of hydrogen-bond donors (Lipinski definition) is 1. The number of aromatic nitrogens is 2. The van der Waals surface area contributed by atoms with E-state index in [1.54, 1.807) is 19.2 Å². The van der Waals surface area contributed by atoms with E-state index in [2.05, 4.69) is 39.2 Å². The summed E-state index contributed by atoms with van der Waals surface area (Å²) in [6, 6.07) is 15.0. The van der Waals surface area contributed by atoms with Crippen LogP contribution in [0.15, 0.2) is 54.7 Å².